The van der Waals surface area contributed by atoms with Crippen LogP contribution in [-0.2, 0) is 6.54 Å². The van der Waals surface area contributed by atoms with Gasteiger partial charge in [0.05, 0.1) is 17.8 Å². The van der Waals surface area contributed by atoms with Crippen LogP contribution in [0, 0.1) is 0 Å². The molecule has 2 aromatic rings. The topological polar surface area (TPSA) is 34.1 Å². The van der Waals surface area contributed by atoms with Crippen molar-refractivity contribution in [2.24, 2.45) is 0 Å². The molecule has 5 heteroatoms. The Balaban J connectivity index is 1.78. The average molecular weight is 295 g/mol. The third-order valence-corrected chi connectivity index (χ3v) is 4.13. The van der Waals surface area contributed by atoms with Crippen LogP contribution in [0.1, 0.15) is 30.1 Å². The van der Waals surface area contributed by atoms with Crippen molar-refractivity contribution in [3.8, 4) is 5.75 Å². The SMILES string of the molecule is Clc1ccc2c(c1)OCCC[C@H]2NCc1cscn1. The van der Waals surface area contributed by atoms with E-state index in [2.05, 4.69) is 21.7 Å². The van der Waals surface area contributed by atoms with Crippen molar-refractivity contribution in [1.82, 2.24) is 10.3 Å². The molecule has 2 heterocycles. The lowest BCUT2D eigenvalue weighted by Crippen LogP contribution is -2.20. The monoisotopic (exact) mass is 294 g/mol. The number of ether oxygens (including phenoxy) is 1. The summed E-state index contributed by atoms with van der Waals surface area (Å²) in [5, 5.41) is 6.35. The summed E-state index contributed by atoms with van der Waals surface area (Å²) >= 11 is 7.65. The average Bonchev–Trinajstić information content (AvgIpc) is 2.84. The summed E-state index contributed by atoms with van der Waals surface area (Å²) in [7, 11) is 0. The van der Waals surface area contributed by atoms with Crippen molar-refractivity contribution in [2.45, 2.75) is 25.4 Å². The predicted molar refractivity (Wildman–Crippen MR) is 77.9 cm³/mol. The highest BCUT2D eigenvalue weighted by Crippen LogP contribution is 2.33. The second kappa shape index (κ2) is 5.90. The molecular formula is C14H15ClN2OS. The van der Waals surface area contributed by atoms with E-state index >= 15 is 0 Å². The highest BCUT2D eigenvalue weighted by molar-refractivity contribution is 7.07. The van der Waals surface area contributed by atoms with Crippen LogP contribution < -0.4 is 10.1 Å². The third kappa shape index (κ3) is 3.08. The fourth-order valence-electron chi connectivity index (χ4n) is 2.31. The largest absolute Gasteiger partial charge is 0.493 e. The molecule has 0 aliphatic carbocycles. The molecule has 0 bridgehead atoms. The first kappa shape index (κ1) is 12.9. The number of aromatic nitrogens is 1. The molecule has 0 unspecified atom stereocenters. The Labute approximate surface area is 121 Å². The molecule has 0 spiro atoms. The van der Waals surface area contributed by atoms with E-state index < -0.39 is 0 Å². The Kier molecular flexibility index (Phi) is 4.01. The van der Waals surface area contributed by atoms with Crippen LogP contribution >= 0.6 is 22.9 Å². The number of hydrogen-bond acceptors (Lipinski definition) is 4. The van der Waals surface area contributed by atoms with Crippen molar-refractivity contribution >= 4 is 22.9 Å². The lowest BCUT2D eigenvalue weighted by atomic mass is 10.0. The van der Waals surface area contributed by atoms with E-state index in [9.17, 15) is 0 Å². The Hall–Kier alpha value is -1.10. The van der Waals surface area contributed by atoms with Crippen molar-refractivity contribution in [2.75, 3.05) is 6.61 Å². The fraction of sp³-hybridized carbons (Fsp3) is 0.357. The summed E-state index contributed by atoms with van der Waals surface area (Å²) in [5.74, 6) is 0.903. The molecule has 1 N–H and O–H groups in total. The van der Waals surface area contributed by atoms with Crippen LogP contribution in [0.2, 0.25) is 5.02 Å². The normalized spacial score (nSPS) is 18.5. The smallest absolute Gasteiger partial charge is 0.125 e. The molecule has 1 aromatic heterocycles. The zero-order chi connectivity index (χ0) is 13.1. The van der Waals surface area contributed by atoms with Gasteiger partial charge in [0, 0.05) is 28.6 Å². The van der Waals surface area contributed by atoms with Crippen LogP contribution in [0.4, 0.5) is 0 Å². The quantitative estimate of drug-likeness (QED) is 0.935. The highest BCUT2D eigenvalue weighted by Gasteiger charge is 2.19. The van der Waals surface area contributed by atoms with Crippen molar-refractivity contribution in [1.29, 1.82) is 0 Å². The van der Waals surface area contributed by atoms with Gasteiger partial charge in [0.15, 0.2) is 0 Å². The van der Waals surface area contributed by atoms with Gasteiger partial charge in [-0.15, -0.1) is 11.3 Å². The second-order valence-corrected chi connectivity index (χ2v) is 5.74. The summed E-state index contributed by atoms with van der Waals surface area (Å²) in [4.78, 5) is 4.30. The Morgan fingerprint density at radius 2 is 2.42 bits per heavy atom. The van der Waals surface area contributed by atoms with Crippen molar-refractivity contribution in [3.05, 3.63) is 45.4 Å². The number of nitrogens with zero attached hydrogens (tertiary/aromatic N) is 1. The molecule has 1 atom stereocenters. The first-order valence-corrected chi connectivity index (χ1v) is 7.68. The molecule has 0 fully saturated rings. The van der Waals surface area contributed by atoms with Gasteiger partial charge < -0.3 is 10.1 Å². The minimum Gasteiger partial charge on any atom is -0.493 e. The number of rotatable bonds is 3. The standard InChI is InChI=1S/C14H15ClN2OS/c15-10-3-4-12-13(2-1-5-18-14(12)6-10)16-7-11-8-19-9-17-11/h3-4,6,8-9,13,16H,1-2,5,7H2/t13-/m1/s1. The van der Waals surface area contributed by atoms with E-state index in [0.29, 0.717) is 6.04 Å². The number of halogens is 1. The molecule has 1 aliphatic heterocycles. The zero-order valence-electron chi connectivity index (χ0n) is 10.4. The maximum Gasteiger partial charge on any atom is 0.125 e. The minimum atomic E-state index is 0.302. The molecule has 0 radical (unpaired) electrons. The Morgan fingerprint density at radius 3 is 3.26 bits per heavy atom. The summed E-state index contributed by atoms with van der Waals surface area (Å²) in [5.41, 5.74) is 4.14. The van der Waals surface area contributed by atoms with E-state index in [1.165, 1.54) is 5.56 Å². The predicted octanol–water partition coefficient (Wildman–Crippen LogP) is 3.80. The number of fused-ring (bicyclic) bond motifs is 1. The van der Waals surface area contributed by atoms with E-state index in [1.807, 2.05) is 17.6 Å². The molecule has 1 aliphatic rings. The minimum absolute atomic E-state index is 0.302. The molecule has 19 heavy (non-hydrogen) atoms. The van der Waals surface area contributed by atoms with Gasteiger partial charge in [-0.1, -0.05) is 17.7 Å². The Morgan fingerprint density at radius 1 is 1.47 bits per heavy atom. The highest BCUT2D eigenvalue weighted by atomic mass is 35.5. The number of thiazole rings is 1. The van der Waals surface area contributed by atoms with Gasteiger partial charge in [-0.05, 0) is 25.0 Å². The van der Waals surface area contributed by atoms with Gasteiger partial charge in [-0.2, -0.15) is 0 Å². The van der Waals surface area contributed by atoms with Gasteiger partial charge in [0.25, 0.3) is 0 Å². The van der Waals surface area contributed by atoms with Gasteiger partial charge in [-0.25, -0.2) is 4.98 Å². The number of benzene rings is 1. The molecule has 0 saturated carbocycles. The maximum atomic E-state index is 6.03. The molecule has 100 valence electrons. The fourth-order valence-corrected chi connectivity index (χ4v) is 3.03. The van der Waals surface area contributed by atoms with Crippen LogP contribution in [0.25, 0.3) is 0 Å². The van der Waals surface area contributed by atoms with Crippen LogP contribution in [-0.4, -0.2) is 11.6 Å². The van der Waals surface area contributed by atoms with Crippen molar-refractivity contribution in [3.63, 3.8) is 0 Å². The first-order valence-electron chi connectivity index (χ1n) is 6.35. The van der Waals surface area contributed by atoms with Crippen LogP contribution in [0.3, 0.4) is 0 Å². The Bertz CT molecular complexity index is 544. The molecule has 3 rings (SSSR count). The summed E-state index contributed by atoms with van der Waals surface area (Å²) in [6, 6.07) is 6.19. The number of hydrogen-bond donors (Lipinski definition) is 1. The van der Waals surface area contributed by atoms with Gasteiger partial charge in [0.2, 0.25) is 0 Å². The van der Waals surface area contributed by atoms with E-state index in [4.69, 9.17) is 16.3 Å². The summed E-state index contributed by atoms with van der Waals surface area (Å²) in [6.45, 7) is 1.54. The van der Waals surface area contributed by atoms with E-state index in [0.717, 1.165) is 42.5 Å². The summed E-state index contributed by atoms with van der Waals surface area (Å²) in [6.07, 6.45) is 2.11. The molecular weight excluding hydrogens is 280 g/mol. The maximum absolute atomic E-state index is 6.03. The molecule has 3 nitrogen and oxygen atoms in total. The molecule has 1 aromatic carbocycles. The summed E-state index contributed by atoms with van der Waals surface area (Å²) < 4.78 is 5.76. The van der Waals surface area contributed by atoms with Gasteiger partial charge in [0.1, 0.15) is 5.75 Å². The third-order valence-electron chi connectivity index (χ3n) is 3.26. The van der Waals surface area contributed by atoms with Crippen LogP contribution in [0.5, 0.6) is 5.75 Å². The van der Waals surface area contributed by atoms with Gasteiger partial charge in [-0.3, -0.25) is 0 Å². The van der Waals surface area contributed by atoms with Crippen LogP contribution in [0.15, 0.2) is 29.1 Å². The first-order chi connectivity index (χ1) is 9.33. The van der Waals surface area contributed by atoms with Crippen molar-refractivity contribution < 1.29 is 4.74 Å². The lowest BCUT2D eigenvalue weighted by Gasteiger charge is -2.18. The molecule has 0 amide bonds. The zero-order valence-corrected chi connectivity index (χ0v) is 12.0. The second-order valence-electron chi connectivity index (χ2n) is 4.59. The van der Waals surface area contributed by atoms with E-state index in [-0.39, 0.29) is 0 Å². The van der Waals surface area contributed by atoms with E-state index in [1.54, 1.807) is 11.3 Å². The number of nitrogens with one attached hydrogen (secondary N) is 1. The lowest BCUT2D eigenvalue weighted by molar-refractivity contribution is 0.315. The molecule has 0 saturated heterocycles. The van der Waals surface area contributed by atoms with Gasteiger partial charge >= 0.3 is 0 Å².